The first kappa shape index (κ1) is 21.4. The van der Waals surface area contributed by atoms with Crippen LogP contribution in [0.5, 0.6) is 0 Å². The molecule has 1 aliphatic rings. The Morgan fingerprint density at radius 3 is 2.79 bits per heavy atom. The summed E-state index contributed by atoms with van der Waals surface area (Å²) in [7, 11) is 0. The minimum Gasteiger partial charge on any atom is -0.393 e. The van der Waals surface area contributed by atoms with Crippen molar-refractivity contribution in [2.75, 3.05) is 6.54 Å². The standard InChI is InChI=1S/C22H33N5O2/c28-20(17-18-9-4-3-5-10-18)15-14-19-11-8-13-22(29)27(19)16-7-2-1-6-12-21-23-25-26-24-21/h3-5,9-10,19-20,28H,1-2,6-8,11-17H2,(H,23,24,25,26). The van der Waals surface area contributed by atoms with Crippen LogP contribution in [0.1, 0.15) is 69.2 Å². The van der Waals surface area contributed by atoms with Gasteiger partial charge in [0.1, 0.15) is 0 Å². The van der Waals surface area contributed by atoms with E-state index in [1.807, 2.05) is 18.2 Å². The third-order valence-electron chi connectivity index (χ3n) is 5.77. The maximum absolute atomic E-state index is 12.5. The number of hydrogen-bond donors (Lipinski definition) is 2. The van der Waals surface area contributed by atoms with E-state index in [9.17, 15) is 9.90 Å². The van der Waals surface area contributed by atoms with E-state index in [4.69, 9.17) is 0 Å². The van der Waals surface area contributed by atoms with Crippen LogP contribution in [0.15, 0.2) is 30.3 Å². The van der Waals surface area contributed by atoms with E-state index in [1.165, 1.54) is 0 Å². The molecule has 7 heteroatoms. The molecule has 0 spiro atoms. The highest BCUT2D eigenvalue weighted by Crippen LogP contribution is 2.24. The highest BCUT2D eigenvalue weighted by molar-refractivity contribution is 5.77. The van der Waals surface area contributed by atoms with Crippen molar-refractivity contribution < 1.29 is 9.90 Å². The summed E-state index contributed by atoms with van der Waals surface area (Å²) in [4.78, 5) is 14.5. The molecule has 158 valence electrons. The van der Waals surface area contributed by atoms with Gasteiger partial charge in [-0.25, -0.2) is 0 Å². The van der Waals surface area contributed by atoms with Crippen LogP contribution in [-0.2, 0) is 17.6 Å². The summed E-state index contributed by atoms with van der Waals surface area (Å²) in [6, 6.07) is 10.4. The van der Waals surface area contributed by atoms with Crippen LogP contribution in [0.3, 0.4) is 0 Å². The van der Waals surface area contributed by atoms with E-state index in [-0.39, 0.29) is 18.1 Å². The number of unbranched alkanes of at least 4 members (excludes halogenated alkanes) is 3. The molecule has 2 atom stereocenters. The van der Waals surface area contributed by atoms with Crippen molar-refractivity contribution in [1.29, 1.82) is 0 Å². The molecule has 2 N–H and O–H groups in total. The summed E-state index contributed by atoms with van der Waals surface area (Å²) < 4.78 is 0. The minimum atomic E-state index is -0.346. The van der Waals surface area contributed by atoms with Gasteiger partial charge < -0.3 is 10.0 Å². The molecule has 0 aliphatic carbocycles. The van der Waals surface area contributed by atoms with Gasteiger partial charge in [-0.15, -0.1) is 10.2 Å². The number of likely N-dealkylation sites (tertiary alicyclic amines) is 1. The van der Waals surface area contributed by atoms with E-state index in [0.717, 1.165) is 75.7 Å². The SMILES string of the molecule is O=C1CCCC(CCC(O)Cc2ccccc2)N1CCCCCCc1nn[nH]n1. The predicted molar refractivity (Wildman–Crippen MR) is 111 cm³/mol. The molecule has 1 saturated heterocycles. The number of nitrogens with zero attached hydrogens (tertiary/aromatic N) is 4. The first-order valence-corrected chi connectivity index (χ1v) is 11.0. The van der Waals surface area contributed by atoms with Gasteiger partial charge in [0.25, 0.3) is 0 Å². The molecule has 0 radical (unpaired) electrons. The van der Waals surface area contributed by atoms with Crippen molar-refractivity contribution >= 4 is 5.91 Å². The third-order valence-corrected chi connectivity index (χ3v) is 5.77. The Hall–Kier alpha value is -2.28. The van der Waals surface area contributed by atoms with Gasteiger partial charge in [0.05, 0.1) is 6.10 Å². The number of benzene rings is 1. The zero-order valence-electron chi connectivity index (χ0n) is 17.2. The van der Waals surface area contributed by atoms with Gasteiger partial charge in [-0.1, -0.05) is 48.4 Å². The number of amides is 1. The molecule has 1 aromatic carbocycles. The summed E-state index contributed by atoms with van der Waals surface area (Å²) in [6.45, 7) is 0.834. The Morgan fingerprint density at radius 2 is 2.00 bits per heavy atom. The zero-order chi connectivity index (χ0) is 20.3. The van der Waals surface area contributed by atoms with Gasteiger partial charge in [0.2, 0.25) is 5.91 Å². The van der Waals surface area contributed by atoms with Crippen LogP contribution in [0, 0.1) is 0 Å². The number of tetrazole rings is 1. The number of aryl methyl sites for hydroxylation is 1. The van der Waals surface area contributed by atoms with Crippen LogP contribution < -0.4 is 0 Å². The number of rotatable bonds is 12. The van der Waals surface area contributed by atoms with E-state index in [1.54, 1.807) is 0 Å². The van der Waals surface area contributed by atoms with Crippen molar-refractivity contribution in [3.63, 3.8) is 0 Å². The van der Waals surface area contributed by atoms with E-state index >= 15 is 0 Å². The lowest BCUT2D eigenvalue weighted by Crippen LogP contribution is -2.44. The van der Waals surface area contributed by atoms with E-state index in [0.29, 0.717) is 12.8 Å². The second-order valence-corrected chi connectivity index (χ2v) is 8.05. The Labute approximate surface area is 172 Å². The number of piperidine rings is 1. The van der Waals surface area contributed by atoms with Crippen LogP contribution in [0.25, 0.3) is 0 Å². The van der Waals surface area contributed by atoms with Crippen LogP contribution in [-0.4, -0.2) is 55.2 Å². The normalized spacial score (nSPS) is 18.2. The Kier molecular flexibility index (Phi) is 8.61. The summed E-state index contributed by atoms with van der Waals surface area (Å²) in [6.07, 6.45) is 9.80. The lowest BCUT2D eigenvalue weighted by Gasteiger charge is -2.36. The van der Waals surface area contributed by atoms with Crippen molar-refractivity contribution in [1.82, 2.24) is 25.5 Å². The molecule has 1 fully saturated rings. The monoisotopic (exact) mass is 399 g/mol. The molecule has 29 heavy (non-hydrogen) atoms. The summed E-state index contributed by atoms with van der Waals surface area (Å²) in [5.74, 6) is 1.05. The average Bonchev–Trinajstić information content (AvgIpc) is 3.24. The highest BCUT2D eigenvalue weighted by atomic mass is 16.3. The minimum absolute atomic E-state index is 0.279. The fourth-order valence-corrected chi connectivity index (χ4v) is 4.18. The molecule has 1 aromatic heterocycles. The van der Waals surface area contributed by atoms with Crippen molar-refractivity contribution in [2.45, 2.75) is 82.8 Å². The number of carbonyl (C=O) groups excluding carboxylic acids is 1. The number of hydrogen-bond acceptors (Lipinski definition) is 5. The van der Waals surface area contributed by atoms with Gasteiger partial charge >= 0.3 is 0 Å². The van der Waals surface area contributed by atoms with Gasteiger partial charge in [-0.05, 0) is 50.5 Å². The van der Waals surface area contributed by atoms with E-state index in [2.05, 4.69) is 37.7 Å². The fraction of sp³-hybridized carbons (Fsp3) is 0.636. The van der Waals surface area contributed by atoms with Gasteiger partial charge in [0.15, 0.2) is 5.82 Å². The largest absolute Gasteiger partial charge is 0.393 e. The Balaban J connectivity index is 1.36. The number of H-pyrrole nitrogens is 1. The zero-order valence-corrected chi connectivity index (χ0v) is 17.2. The Bertz CT molecular complexity index is 707. The summed E-state index contributed by atoms with van der Waals surface area (Å²) >= 11 is 0. The lowest BCUT2D eigenvalue weighted by atomic mass is 9.94. The maximum Gasteiger partial charge on any atom is 0.222 e. The maximum atomic E-state index is 12.5. The number of nitrogens with one attached hydrogen (secondary N) is 1. The first-order valence-electron chi connectivity index (χ1n) is 11.0. The smallest absolute Gasteiger partial charge is 0.222 e. The molecule has 2 unspecified atom stereocenters. The van der Waals surface area contributed by atoms with Gasteiger partial charge in [-0.3, -0.25) is 4.79 Å². The second-order valence-electron chi connectivity index (χ2n) is 8.05. The molecule has 2 aromatic rings. The van der Waals surface area contributed by atoms with Crippen molar-refractivity contribution in [3.05, 3.63) is 41.7 Å². The molecule has 2 heterocycles. The molecule has 0 saturated carbocycles. The molecular formula is C22H33N5O2. The number of aromatic amines is 1. The molecule has 3 rings (SSSR count). The highest BCUT2D eigenvalue weighted by Gasteiger charge is 2.27. The Morgan fingerprint density at radius 1 is 1.17 bits per heavy atom. The predicted octanol–water partition coefficient (Wildman–Crippen LogP) is 3.07. The number of aliphatic hydroxyl groups excluding tert-OH is 1. The molecule has 7 nitrogen and oxygen atoms in total. The van der Waals surface area contributed by atoms with Crippen molar-refractivity contribution in [3.8, 4) is 0 Å². The van der Waals surface area contributed by atoms with Gasteiger partial charge in [-0.2, -0.15) is 5.21 Å². The second kappa shape index (κ2) is 11.7. The number of carbonyl (C=O) groups is 1. The van der Waals surface area contributed by atoms with Crippen molar-refractivity contribution in [2.24, 2.45) is 0 Å². The summed E-state index contributed by atoms with van der Waals surface area (Å²) in [5, 5.41) is 24.4. The van der Waals surface area contributed by atoms with Crippen LogP contribution >= 0.6 is 0 Å². The lowest BCUT2D eigenvalue weighted by molar-refractivity contribution is -0.136. The molecule has 1 amide bonds. The quantitative estimate of drug-likeness (QED) is 0.535. The first-order chi connectivity index (χ1) is 14.2. The number of aliphatic hydroxyl groups is 1. The van der Waals surface area contributed by atoms with Gasteiger partial charge in [0, 0.05) is 25.4 Å². The molecule has 0 bridgehead atoms. The molecule has 1 aliphatic heterocycles. The number of aromatic nitrogens is 4. The summed E-state index contributed by atoms with van der Waals surface area (Å²) in [5.41, 5.74) is 1.16. The van der Waals surface area contributed by atoms with E-state index < -0.39 is 0 Å². The third kappa shape index (κ3) is 7.24. The average molecular weight is 400 g/mol. The molecular weight excluding hydrogens is 366 g/mol. The fourth-order valence-electron chi connectivity index (χ4n) is 4.18. The van der Waals surface area contributed by atoms with Crippen LogP contribution in [0.4, 0.5) is 0 Å². The van der Waals surface area contributed by atoms with Crippen LogP contribution in [0.2, 0.25) is 0 Å². The topological polar surface area (TPSA) is 95.0 Å².